The van der Waals surface area contributed by atoms with Crippen molar-refractivity contribution in [3.63, 3.8) is 0 Å². The van der Waals surface area contributed by atoms with E-state index in [4.69, 9.17) is 0 Å². The average molecular weight is 251 g/mol. The summed E-state index contributed by atoms with van der Waals surface area (Å²) in [5, 5.41) is 3.12. The van der Waals surface area contributed by atoms with Crippen molar-refractivity contribution in [1.82, 2.24) is 5.32 Å². The van der Waals surface area contributed by atoms with Crippen molar-refractivity contribution >= 4 is 28.3 Å². The van der Waals surface area contributed by atoms with E-state index in [1.54, 1.807) is 0 Å². The Morgan fingerprint density at radius 1 is 1.33 bits per heavy atom. The molecule has 0 aliphatic rings. The average Bonchev–Trinajstić information content (AvgIpc) is 2.03. The molecule has 0 atom stereocenters. The number of halogens is 2. The van der Waals surface area contributed by atoms with Crippen LogP contribution < -0.4 is 5.32 Å². The molecule has 0 aliphatic carbocycles. The molecule has 0 heterocycles. The van der Waals surface area contributed by atoms with Crippen molar-refractivity contribution in [2.75, 3.05) is 13.6 Å². The molecule has 1 aromatic rings. The smallest absolute Gasteiger partial charge is 0.0207 e. The number of hydrogen-bond acceptors (Lipinski definition) is 1. The van der Waals surface area contributed by atoms with Crippen LogP contribution in [0.3, 0.4) is 0 Å². The first-order valence-corrected chi connectivity index (χ1v) is 4.52. The second kappa shape index (κ2) is 6.46. The van der Waals surface area contributed by atoms with Gasteiger partial charge in [-0.15, -0.1) is 12.4 Å². The fraction of sp³-hybridized carbons (Fsp3) is 0.333. The molecule has 1 N–H and O–H groups in total. The summed E-state index contributed by atoms with van der Waals surface area (Å²) in [7, 11) is 1.97. The van der Waals surface area contributed by atoms with Gasteiger partial charge in [0.15, 0.2) is 0 Å². The molecule has 0 bridgehead atoms. The first-order chi connectivity index (χ1) is 5.34. The highest BCUT2D eigenvalue weighted by Gasteiger charge is 1.95. The summed E-state index contributed by atoms with van der Waals surface area (Å²) in [6, 6.07) is 8.31. The quantitative estimate of drug-likeness (QED) is 0.870. The van der Waals surface area contributed by atoms with E-state index in [9.17, 15) is 0 Å². The molecule has 68 valence electrons. The van der Waals surface area contributed by atoms with Gasteiger partial charge in [-0.1, -0.05) is 34.1 Å². The molecule has 0 radical (unpaired) electrons. The van der Waals surface area contributed by atoms with Crippen LogP contribution >= 0.6 is 28.3 Å². The molecule has 1 rings (SSSR count). The summed E-state index contributed by atoms with van der Waals surface area (Å²) >= 11 is 3.50. The minimum atomic E-state index is 0. The van der Waals surface area contributed by atoms with Crippen molar-refractivity contribution < 1.29 is 0 Å². The van der Waals surface area contributed by atoms with Crippen LogP contribution in [0.2, 0.25) is 0 Å². The van der Waals surface area contributed by atoms with Gasteiger partial charge in [-0.2, -0.15) is 0 Å². The Balaban J connectivity index is 0.00000121. The van der Waals surface area contributed by atoms with Gasteiger partial charge < -0.3 is 5.32 Å². The van der Waals surface area contributed by atoms with Crippen molar-refractivity contribution in [2.45, 2.75) is 6.42 Å². The molecule has 0 amide bonds. The minimum absolute atomic E-state index is 0. The molecule has 12 heavy (non-hydrogen) atoms. The standard InChI is InChI=1S/C9H12BrN.ClH/c1-11-7-6-8-4-2-3-5-9(8)10;/h2-5,11H,6-7H2,1H3;1H. The van der Waals surface area contributed by atoms with Crippen LogP contribution in [-0.2, 0) is 6.42 Å². The number of hydrogen-bond donors (Lipinski definition) is 1. The predicted molar refractivity (Wildman–Crippen MR) is 59.0 cm³/mol. The summed E-state index contributed by atoms with van der Waals surface area (Å²) in [6.07, 6.45) is 1.08. The third-order valence-electron chi connectivity index (χ3n) is 1.60. The van der Waals surface area contributed by atoms with Crippen LogP contribution in [0.5, 0.6) is 0 Å². The highest BCUT2D eigenvalue weighted by atomic mass is 79.9. The number of rotatable bonds is 3. The molecule has 0 fully saturated rings. The first kappa shape index (κ1) is 11.9. The Labute approximate surface area is 88.1 Å². The van der Waals surface area contributed by atoms with Gasteiger partial charge >= 0.3 is 0 Å². The summed E-state index contributed by atoms with van der Waals surface area (Å²) in [6.45, 7) is 1.03. The van der Waals surface area contributed by atoms with Crippen LogP contribution in [0.4, 0.5) is 0 Å². The Hall–Kier alpha value is -0.0500. The molecule has 0 saturated heterocycles. The SMILES string of the molecule is CNCCc1ccccc1Br.Cl. The predicted octanol–water partition coefficient (Wildman–Crippen LogP) is 2.63. The number of likely N-dealkylation sites (N-methyl/N-ethyl adjacent to an activating group) is 1. The fourth-order valence-electron chi connectivity index (χ4n) is 0.961. The van der Waals surface area contributed by atoms with E-state index in [0.29, 0.717) is 0 Å². The molecule has 0 aliphatic heterocycles. The Kier molecular flexibility index (Phi) is 6.44. The Bertz CT molecular complexity index is 228. The first-order valence-electron chi connectivity index (χ1n) is 3.72. The normalized spacial score (nSPS) is 9.17. The molecular formula is C9H13BrClN. The highest BCUT2D eigenvalue weighted by Crippen LogP contribution is 2.15. The van der Waals surface area contributed by atoms with Gasteiger partial charge in [-0.05, 0) is 31.6 Å². The van der Waals surface area contributed by atoms with Gasteiger partial charge in [-0.3, -0.25) is 0 Å². The molecule has 0 spiro atoms. The summed E-state index contributed by atoms with van der Waals surface area (Å²) in [4.78, 5) is 0. The lowest BCUT2D eigenvalue weighted by Crippen LogP contribution is -2.10. The van der Waals surface area contributed by atoms with Gasteiger partial charge in [-0.25, -0.2) is 0 Å². The summed E-state index contributed by atoms with van der Waals surface area (Å²) < 4.78 is 1.20. The van der Waals surface area contributed by atoms with Crippen LogP contribution in [0, 0.1) is 0 Å². The Morgan fingerprint density at radius 3 is 2.58 bits per heavy atom. The van der Waals surface area contributed by atoms with E-state index in [1.807, 2.05) is 13.1 Å². The van der Waals surface area contributed by atoms with Crippen molar-refractivity contribution in [2.24, 2.45) is 0 Å². The molecular weight excluding hydrogens is 237 g/mol. The summed E-state index contributed by atoms with van der Waals surface area (Å²) in [5.74, 6) is 0. The van der Waals surface area contributed by atoms with Crippen LogP contribution in [0.25, 0.3) is 0 Å². The largest absolute Gasteiger partial charge is 0.319 e. The lowest BCUT2D eigenvalue weighted by Gasteiger charge is -2.02. The minimum Gasteiger partial charge on any atom is -0.319 e. The second-order valence-electron chi connectivity index (χ2n) is 2.44. The van der Waals surface area contributed by atoms with Crippen LogP contribution in [0.15, 0.2) is 28.7 Å². The van der Waals surface area contributed by atoms with E-state index in [0.717, 1.165) is 13.0 Å². The van der Waals surface area contributed by atoms with Gasteiger partial charge in [0.1, 0.15) is 0 Å². The number of benzene rings is 1. The zero-order chi connectivity index (χ0) is 8.10. The molecule has 0 saturated carbocycles. The summed E-state index contributed by atoms with van der Waals surface area (Å²) in [5.41, 5.74) is 1.36. The topological polar surface area (TPSA) is 12.0 Å². The van der Waals surface area contributed by atoms with Gasteiger partial charge in [0.25, 0.3) is 0 Å². The number of nitrogens with one attached hydrogen (secondary N) is 1. The van der Waals surface area contributed by atoms with Crippen LogP contribution in [0.1, 0.15) is 5.56 Å². The van der Waals surface area contributed by atoms with E-state index in [2.05, 4.69) is 39.4 Å². The zero-order valence-corrected chi connectivity index (χ0v) is 9.41. The van der Waals surface area contributed by atoms with Gasteiger partial charge in [0.05, 0.1) is 0 Å². The maximum atomic E-state index is 3.50. The molecule has 0 unspecified atom stereocenters. The molecule has 3 heteroatoms. The maximum Gasteiger partial charge on any atom is 0.0207 e. The third-order valence-corrected chi connectivity index (χ3v) is 2.38. The Morgan fingerprint density at radius 2 is 2.00 bits per heavy atom. The van der Waals surface area contributed by atoms with E-state index < -0.39 is 0 Å². The van der Waals surface area contributed by atoms with Crippen LogP contribution in [-0.4, -0.2) is 13.6 Å². The second-order valence-corrected chi connectivity index (χ2v) is 3.30. The lowest BCUT2D eigenvalue weighted by atomic mass is 10.1. The van der Waals surface area contributed by atoms with E-state index in [1.165, 1.54) is 10.0 Å². The molecule has 1 nitrogen and oxygen atoms in total. The molecule has 0 aromatic heterocycles. The maximum absolute atomic E-state index is 3.50. The highest BCUT2D eigenvalue weighted by molar-refractivity contribution is 9.10. The van der Waals surface area contributed by atoms with E-state index >= 15 is 0 Å². The lowest BCUT2D eigenvalue weighted by molar-refractivity contribution is 0.790. The zero-order valence-electron chi connectivity index (χ0n) is 7.01. The van der Waals surface area contributed by atoms with Gasteiger partial charge in [0, 0.05) is 4.47 Å². The van der Waals surface area contributed by atoms with Crippen molar-refractivity contribution in [3.05, 3.63) is 34.3 Å². The molecule has 1 aromatic carbocycles. The third kappa shape index (κ3) is 3.57. The fourth-order valence-corrected chi connectivity index (χ4v) is 1.44. The van der Waals surface area contributed by atoms with Crippen molar-refractivity contribution in [1.29, 1.82) is 0 Å². The monoisotopic (exact) mass is 249 g/mol. The van der Waals surface area contributed by atoms with E-state index in [-0.39, 0.29) is 12.4 Å². The van der Waals surface area contributed by atoms with Crippen molar-refractivity contribution in [3.8, 4) is 0 Å². The van der Waals surface area contributed by atoms with Gasteiger partial charge in [0.2, 0.25) is 0 Å².